The Kier molecular flexibility index (Phi) is 5.72. The van der Waals surface area contributed by atoms with Crippen molar-refractivity contribution in [1.29, 1.82) is 0 Å². The van der Waals surface area contributed by atoms with Crippen molar-refractivity contribution in [2.75, 3.05) is 6.61 Å². The highest BCUT2D eigenvalue weighted by Gasteiger charge is 2.21. The maximum atomic E-state index is 11.9. The molecule has 0 aromatic heterocycles. The van der Waals surface area contributed by atoms with Gasteiger partial charge in [-0.05, 0) is 31.9 Å². The summed E-state index contributed by atoms with van der Waals surface area (Å²) in [6.45, 7) is 1.82. The van der Waals surface area contributed by atoms with Crippen LogP contribution in [0.15, 0.2) is 18.2 Å². The van der Waals surface area contributed by atoms with Gasteiger partial charge in [-0.25, -0.2) is 0 Å². The Morgan fingerprint density at radius 2 is 2.26 bits per heavy atom. The van der Waals surface area contributed by atoms with Crippen molar-refractivity contribution in [2.45, 2.75) is 25.8 Å². The highest BCUT2D eigenvalue weighted by molar-refractivity contribution is 6.31. The van der Waals surface area contributed by atoms with Crippen LogP contribution in [0, 0.1) is 10.1 Å². The van der Waals surface area contributed by atoms with E-state index in [0.717, 1.165) is 6.07 Å². The monoisotopic (exact) mass is 286 g/mol. The van der Waals surface area contributed by atoms with Crippen LogP contribution in [0.4, 0.5) is 5.69 Å². The number of aliphatic hydroxyl groups excluding tert-OH is 1. The molecule has 0 saturated carbocycles. The van der Waals surface area contributed by atoms with Crippen molar-refractivity contribution in [1.82, 2.24) is 5.32 Å². The van der Waals surface area contributed by atoms with E-state index in [9.17, 15) is 14.9 Å². The van der Waals surface area contributed by atoms with Gasteiger partial charge in [0.25, 0.3) is 11.6 Å². The second-order valence-corrected chi connectivity index (χ2v) is 4.60. The van der Waals surface area contributed by atoms with Gasteiger partial charge in [-0.15, -0.1) is 0 Å². The van der Waals surface area contributed by atoms with Gasteiger partial charge in [-0.3, -0.25) is 14.9 Å². The molecule has 0 radical (unpaired) electrons. The van der Waals surface area contributed by atoms with Crippen molar-refractivity contribution >= 4 is 23.2 Å². The van der Waals surface area contributed by atoms with E-state index >= 15 is 0 Å². The molecule has 1 aromatic rings. The molecule has 1 atom stereocenters. The topological polar surface area (TPSA) is 92.5 Å². The number of hydrogen-bond donors (Lipinski definition) is 2. The smallest absolute Gasteiger partial charge is 0.283 e. The molecule has 1 amide bonds. The molecular weight excluding hydrogens is 272 g/mol. The lowest BCUT2D eigenvalue weighted by Crippen LogP contribution is -2.33. The fraction of sp³-hybridized carbons (Fsp3) is 0.417. The third-order valence-electron chi connectivity index (χ3n) is 2.57. The van der Waals surface area contributed by atoms with Gasteiger partial charge in [0, 0.05) is 23.7 Å². The van der Waals surface area contributed by atoms with E-state index in [1.54, 1.807) is 6.92 Å². The van der Waals surface area contributed by atoms with Gasteiger partial charge < -0.3 is 10.4 Å². The Morgan fingerprint density at radius 3 is 2.84 bits per heavy atom. The molecule has 7 heteroatoms. The van der Waals surface area contributed by atoms with Gasteiger partial charge >= 0.3 is 0 Å². The quantitative estimate of drug-likeness (QED) is 0.619. The lowest BCUT2D eigenvalue weighted by Gasteiger charge is -2.13. The summed E-state index contributed by atoms with van der Waals surface area (Å²) in [6.07, 6.45) is 1.16. The first-order chi connectivity index (χ1) is 8.95. The van der Waals surface area contributed by atoms with Crippen LogP contribution in [0.25, 0.3) is 0 Å². The zero-order valence-electron chi connectivity index (χ0n) is 10.4. The number of benzene rings is 1. The zero-order valence-corrected chi connectivity index (χ0v) is 11.2. The molecule has 1 rings (SSSR count). The number of nitrogens with zero attached hydrogens (tertiary/aromatic N) is 1. The molecular formula is C12H15ClN2O4. The molecule has 1 aromatic carbocycles. The highest BCUT2D eigenvalue weighted by atomic mass is 35.5. The minimum Gasteiger partial charge on any atom is -0.396 e. The number of nitro benzene ring substituents is 1. The molecule has 19 heavy (non-hydrogen) atoms. The van der Waals surface area contributed by atoms with Gasteiger partial charge in [-0.2, -0.15) is 0 Å². The van der Waals surface area contributed by atoms with Crippen molar-refractivity contribution in [3.63, 3.8) is 0 Å². The van der Waals surface area contributed by atoms with E-state index in [1.165, 1.54) is 12.1 Å². The van der Waals surface area contributed by atoms with Crippen LogP contribution in [0.1, 0.15) is 30.1 Å². The summed E-state index contributed by atoms with van der Waals surface area (Å²) < 4.78 is 0. The number of nitro groups is 1. The molecule has 0 fully saturated rings. The number of rotatable bonds is 6. The Labute approximate surface area is 115 Å². The van der Waals surface area contributed by atoms with E-state index in [4.69, 9.17) is 16.7 Å². The summed E-state index contributed by atoms with van der Waals surface area (Å²) >= 11 is 5.68. The van der Waals surface area contributed by atoms with E-state index in [-0.39, 0.29) is 28.9 Å². The van der Waals surface area contributed by atoms with Crippen LogP contribution in [-0.4, -0.2) is 28.6 Å². The van der Waals surface area contributed by atoms with Crippen LogP contribution >= 0.6 is 11.6 Å². The maximum Gasteiger partial charge on any atom is 0.283 e. The van der Waals surface area contributed by atoms with Crippen LogP contribution in [0.5, 0.6) is 0 Å². The maximum absolute atomic E-state index is 11.9. The lowest BCUT2D eigenvalue weighted by atomic mass is 10.1. The molecule has 0 aliphatic heterocycles. The fourth-order valence-electron chi connectivity index (χ4n) is 1.62. The first-order valence-corrected chi connectivity index (χ1v) is 6.19. The number of hydrogen-bond acceptors (Lipinski definition) is 4. The first kappa shape index (κ1) is 15.4. The lowest BCUT2D eigenvalue weighted by molar-refractivity contribution is -0.385. The Morgan fingerprint density at radius 1 is 1.58 bits per heavy atom. The standard InChI is InChI=1S/C12H15ClN2O4/c1-8(3-2-6-16)14-12(17)10-5-4-9(13)7-11(10)15(18)19/h4-5,7-8,16H,2-3,6H2,1H3,(H,14,17). The number of halogens is 1. The predicted octanol–water partition coefficient (Wildman–Crippen LogP) is 2.14. The Hall–Kier alpha value is -1.66. The summed E-state index contributed by atoms with van der Waals surface area (Å²) in [5.41, 5.74) is -0.343. The molecule has 1 unspecified atom stereocenters. The largest absolute Gasteiger partial charge is 0.396 e. The molecule has 6 nitrogen and oxygen atoms in total. The number of aliphatic hydroxyl groups is 1. The second kappa shape index (κ2) is 7.06. The van der Waals surface area contributed by atoms with Crippen LogP contribution in [0.2, 0.25) is 5.02 Å². The number of amides is 1. The van der Waals surface area contributed by atoms with Gasteiger partial charge in [0.05, 0.1) is 4.92 Å². The third kappa shape index (κ3) is 4.50. The van der Waals surface area contributed by atoms with Crippen molar-refractivity contribution in [3.05, 3.63) is 38.9 Å². The molecule has 0 spiro atoms. The predicted molar refractivity (Wildman–Crippen MR) is 71.4 cm³/mol. The van der Waals surface area contributed by atoms with Crippen LogP contribution < -0.4 is 5.32 Å². The highest BCUT2D eigenvalue weighted by Crippen LogP contribution is 2.23. The molecule has 0 saturated heterocycles. The summed E-state index contributed by atoms with van der Waals surface area (Å²) in [5.74, 6) is -0.520. The van der Waals surface area contributed by atoms with Gasteiger partial charge in [0.1, 0.15) is 5.56 Å². The molecule has 0 heterocycles. The third-order valence-corrected chi connectivity index (χ3v) is 2.81. The van der Waals surface area contributed by atoms with Gasteiger partial charge in [0.15, 0.2) is 0 Å². The average Bonchev–Trinajstić information content (AvgIpc) is 2.35. The van der Waals surface area contributed by atoms with Gasteiger partial charge in [0.2, 0.25) is 0 Å². The number of nitrogens with one attached hydrogen (secondary N) is 1. The zero-order chi connectivity index (χ0) is 14.4. The Balaban J connectivity index is 2.85. The van der Waals surface area contributed by atoms with E-state index in [0.29, 0.717) is 12.8 Å². The van der Waals surface area contributed by atoms with E-state index in [2.05, 4.69) is 5.32 Å². The minimum atomic E-state index is -0.640. The van der Waals surface area contributed by atoms with Crippen molar-refractivity contribution < 1.29 is 14.8 Å². The molecule has 0 bridgehead atoms. The summed E-state index contributed by atoms with van der Waals surface area (Å²) in [4.78, 5) is 22.2. The summed E-state index contributed by atoms with van der Waals surface area (Å²) in [6, 6.07) is 3.74. The molecule has 2 N–H and O–H groups in total. The summed E-state index contributed by atoms with van der Waals surface area (Å²) in [7, 11) is 0. The minimum absolute atomic E-state index is 0.0229. The van der Waals surface area contributed by atoms with Crippen molar-refractivity contribution in [3.8, 4) is 0 Å². The number of carbonyl (C=O) groups is 1. The Bertz CT molecular complexity index is 479. The SMILES string of the molecule is CC(CCCO)NC(=O)c1ccc(Cl)cc1[N+](=O)[O-]. The van der Waals surface area contributed by atoms with Crippen LogP contribution in [0.3, 0.4) is 0 Å². The number of carbonyl (C=O) groups excluding carboxylic acids is 1. The van der Waals surface area contributed by atoms with E-state index in [1.807, 2.05) is 0 Å². The van der Waals surface area contributed by atoms with E-state index < -0.39 is 10.8 Å². The summed E-state index contributed by atoms with van der Waals surface area (Å²) in [5, 5.41) is 22.4. The molecule has 104 valence electrons. The van der Waals surface area contributed by atoms with Crippen molar-refractivity contribution in [2.24, 2.45) is 0 Å². The first-order valence-electron chi connectivity index (χ1n) is 5.81. The molecule has 0 aliphatic carbocycles. The van der Waals surface area contributed by atoms with Gasteiger partial charge in [-0.1, -0.05) is 11.6 Å². The second-order valence-electron chi connectivity index (χ2n) is 4.16. The fourth-order valence-corrected chi connectivity index (χ4v) is 1.79. The van der Waals surface area contributed by atoms with Crippen LogP contribution in [-0.2, 0) is 0 Å². The average molecular weight is 287 g/mol. The normalized spacial score (nSPS) is 11.9. The molecule has 0 aliphatic rings.